The number of aliphatic hydroxyl groups is 1. The Kier molecular flexibility index (Phi) is 2.74. The number of rotatable bonds is 4. The molecule has 0 atom stereocenters. The zero-order chi connectivity index (χ0) is 11.6. The minimum absolute atomic E-state index is 0.122. The molecule has 0 spiro atoms. The molecular weight excluding hydrogens is 206 g/mol. The van der Waals surface area contributed by atoms with Crippen molar-refractivity contribution in [1.82, 2.24) is 19.9 Å². The summed E-state index contributed by atoms with van der Waals surface area (Å²) >= 11 is 0. The van der Waals surface area contributed by atoms with Gasteiger partial charge in [0.25, 0.3) is 0 Å². The maximum Gasteiger partial charge on any atom is 0.182 e. The summed E-state index contributed by atoms with van der Waals surface area (Å²) in [7, 11) is 0. The van der Waals surface area contributed by atoms with E-state index in [2.05, 4.69) is 25.3 Å². The van der Waals surface area contributed by atoms with Gasteiger partial charge in [0.15, 0.2) is 11.5 Å². The van der Waals surface area contributed by atoms with Gasteiger partial charge in [-0.3, -0.25) is 0 Å². The summed E-state index contributed by atoms with van der Waals surface area (Å²) in [6, 6.07) is 0. The van der Waals surface area contributed by atoms with Crippen LogP contribution in [0.1, 0.15) is 13.8 Å². The number of aromatic nitrogens is 4. The number of anilines is 1. The van der Waals surface area contributed by atoms with Gasteiger partial charge < -0.3 is 15.4 Å². The van der Waals surface area contributed by atoms with E-state index < -0.39 is 0 Å². The van der Waals surface area contributed by atoms with Crippen molar-refractivity contribution in [1.29, 1.82) is 0 Å². The molecule has 2 aromatic heterocycles. The molecule has 2 rings (SSSR count). The third kappa shape index (κ3) is 2.11. The van der Waals surface area contributed by atoms with Crippen LogP contribution in [0.5, 0.6) is 0 Å². The quantitative estimate of drug-likeness (QED) is 0.710. The molecule has 0 aromatic carbocycles. The van der Waals surface area contributed by atoms with Crippen LogP contribution in [-0.4, -0.2) is 38.2 Å². The van der Waals surface area contributed by atoms with E-state index in [9.17, 15) is 0 Å². The fourth-order valence-electron chi connectivity index (χ4n) is 1.28. The van der Waals surface area contributed by atoms with Crippen LogP contribution in [0.4, 0.5) is 5.82 Å². The van der Waals surface area contributed by atoms with E-state index in [1.807, 2.05) is 13.8 Å². The molecule has 2 heterocycles. The van der Waals surface area contributed by atoms with Crippen LogP contribution >= 0.6 is 0 Å². The molecule has 16 heavy (non-hydrogen) atoms. The van der Waals surface area contributed by atoms with Crippen LogP contribution < -0.4 is 5.32 Å². The third-order valence-corrected chi connectivity index (χ3v) is 2.39. The van der Waals surface area contributed by atoms with Crippen LogP contribution in [0.25, 0.3) is 11.2 Å². The van der Waals surface area contributed by atoms with Crippen LogP contribution in [0.15, 0.2) is 12.7 Å². The van der Waals surface area contributed by atoms with Gasteiger partial charge in [-0.05, 0) is 0 Å². The highest BCUT2D eigenvalue weighted by Gasteiger charge is 2.17. The average Bonchev–Trinajstić information content (AvgIpc) is 2.75. The highest BCUT2D eigenvalue weighted by molar-refractivity contribution is 5.81. The number of fused-ring (bicyclic) bond motifs is 1. The van der Waals surface area contributed by atoms with Crippen LogP contribution in [-0.2, 0) is 0 Å². The van der Waals surface area contributed by atoms with Gasteiger partial charge in [0, 0.05) is 18.6 Å². The summed E-state index contributed by atoms with van der Waals surface area (Å²) in [6.45, 7) is 4.71. The molecule has 0 fully saturated rings. The van der Waals surface area contributed by atoms with Crippen molar-refractivity contribution in [2.45, 2.75) is 13.8 Å². The average molecular weight is 221 g/mol. The lowest BCUT2D eigenvalue weighted by molar-refractivity contribution is 0.171. The van der Waals surface area contributed by atoms with Gasteiger partial charge in [-0.25, -0.2) is 15.0 Å². The van der Waals surface area contributed by atoms with Crippen LogP contribution in [0, 0.1) is 5.41 Å². The summed E-state index contributed by atoms with van der Waals surface area (Å²) in [5, 5.41) is 12.3. The molecule has 6 nitrogen and oxygen atoms in total. The second-order valence-corrected chi connectivity index (χ2v) is 4.50. The van der Waals surface area contributed by atoms with Crippen molar-refractivity contribution in [2.24, 2.45) is 5.41 Å². The van der Waals surface area contributed by atoms with E-state index in [1.165, 1.54) is 6.33 Å². The summed E-state index contributed by atoms with van der Waals surface area (Å²) in [4.78, 5) is 15.2. The van der Waals surface area contributed by atoms with Crippen molar-refractivity contribution < 1.29 is 5.11 Å². The number of hydrogen-bond acceptors (Lipinski definition) is 5. The van der Waals surface area contributed by atoms with Gasteiger partial charge in [-0.15, -0.1) is 0 Å². The Morgan fingerprint density at radius 2 is 2.19 bits per heavy atom. The Balaban J connectivity index is 2.18. The third-order valence-electron chi connectivity index (χ3n) is 2.39. The van der Waals surface area contributed by atoms with E-state index in [1.54, 1.807) is 6.33 Å². The first-order valence-corrected chi connectivity index (χ1v) is 5.11. The Hall–Kier alpha value is -1.69. The molecule has 0 amide bonds. The van der Waals surface area contributed by atoms with Crippen molar-refractivity contribution in [3.05, 3.63) is 12.7 Å². The minimum Gasteiger partial charge on any atom is -0.396 e. The normalized spacial score (nSPS) is 11.9. The Labute approximate surface area is 93.1 Å². The first-order valence-electron chi connectivity index (χ1n) is 5.11. The van der Waals surface area contributed by atoms with Gasteiger partial charge >= 0.3 is 0 Å². The van der Waals surface area contributed by atoms with E-state index in [0.29, 0.717) is 18.0 Å². The van der Waals surface area contributed by atoms with Gasteiger partial charge in [-0.1, -0.05) is 13.8 Å². The van der Waals surface area contributed by atoms with Gasteiger partial charge in [0.05, 0.1) is 6.33 Å². The van der Waals surface area contributed by atoms with Gasteiger partial charge in [-0.2, -0.15) is 0 Å². The van der Waals surface area contributed by atoms with Gasteiger partial charge in [0.1, 0.15) is 11.8 Å². The highest BCUT2D eigenvalue weighted by Crippen LogP contribution is 2.18. The highest BCUT2D eigenvalue weighted by atomic mass is 16.3. The molecular formula is C10H15N5O. The monoisotopic (exact) mass is 221 g/mol. The number of H-pyrrole nitrogens is 1. The smallest absolute Gasteiger partial charge is 0.182 e. The fourth-order valence-corrected chi connectivity index (χ4v) is 1.28. The van der Waals surface area contributed by atoms with Crippen molar-refractivity contribution in [3.8, 4) is 0 Å². The summed E-state index contributed by atoms with van der Waals surface area (Å²) < 4.78 is 0. The largest absolute Gasteiger partial charge is 0.396 e. The maximum atomic E-state index is 9.15. The number of imidazole rings is 1. The molecule has 0 unspecified atom stereocenters. The number of nitrogens with zero attached hydrogens (tertiary/aromatic N) is 3. The topological polar surface area (TPSA) is 86.7 Å². The zero-order valence-electron chi connectivity index (χ0n) is 9.36. The van der Waals surface area contributed by atoms with Crippen LogP contribution in [0.3, 0.4) is 0 Å². The number of nitrogens with one attached hydrogen (secondary N) is 2. The molecule has 3 N–H and O–H groups in total. The Morgan fingerprint density at radius 1 is 1.38 bits per heavy atom. The van der Waals surface area contributed by atoms with E-state index in [0.717, 1.165) is 5.52 Å². The number of hydrogen-bond donors (Lipinski definition) is 3. The molecule has 0 aliphatic heterocycles. The lowest BCUT2D eigenvalue weighted by Gasteiger charge is -2.22. The molecule has 0 aliphatic rings. The number of aliphatic hydroxyl groups excluding tert-OH is 1. The molecule has 2 aromatic rings. The predicted octanol–water partition coefficient (Wildman–Crippen LogP) is 0.783. The SMILES string of the molecule is CC(C)(CO)CNc1ncnc2nc[nH]c12. The zero-order valence-corrected chi connectivity index (χ0v) is 9.36. The molecule has 0 saturated heterocycles. The molecule has 86 valence electrons. The lowest BCUT2D eigenvalue weighted by Crippen LogP contribution is -2.27. The van der Waals surface area contributed by atoms with E-state index in [-0.39, 0.29) is 12.0 Å². The molecule has 0 radical (unpaired) electrons. The standard InChI is InChI=1S/C10H15N5O/c1-10(2,4-16)3-11-8-7-9(13-5-12-7)15-6-14-8/h5-6,16H,3-4H2,1-2H3,(H2,11,12,13,14,15). The maximum absolute atomic E-state index is 9.15. The van der Waals surface area contributed by atoms with E-state index in [4.69, 9.17) is 5.11 Å². The predicted molar refractivity (Wildman–Crippen MR) is 61.0 cm³/mol. The molecule has 0 aliphatic carbocycles. The summed E-state index contributed by atoms with van der Waals surface area (Å²) in [5.41, 5.74) is 1.24. The fraction of sp³-hybridized carbons (Fsp3) is 0.500. The molecule has 0 bridgehead atoms. The summed E-state index contributed by atoms with van der Waals surface area (Å²) in [5.74, 6) is 0.712. The lowest BCUT2D eigenvalue weighted by atomic mass is 9.95. The first-order chi connectivity index (χ1) is 7.62. The van der Waals surface area contributed by atoms with E-state index >= 15 is 0 Å². The second-order valence-electron chi connectivity index (χ2n) is 4.50. The van der Waals surface area contributed by atoms with Crippen molar-refractivity contribution in [2.75, 3.05) is 18.5 Å². The minimum atomic E-state index is -0.183. The Morgan fingerprint density at radius 3 is 2.94 bits per heavy atom. The van der Waals surface area contributed by atoms with Crippen molar-refractivity contribution >= 4 is 17.0 Å². The molecule has 0 saturated carbocycles. The molecule has 6 heteroatoms. The van der Waals surface area contributed by atoms with Gasteiger partial charge in [0.2, 0.25) is 0 Å². The first kappa shape index (κ1) is 10.8. The number of aromatic amines is 1. The summed E-state index contributed by atoms with van der Waals surface area (Å²) in [6.07, 6.45) is 3.05. The van der Waals surface area contributed by atoms with Crippen LogP contribution in [0.2, 0.25) is 0 Å². The second kappa shape index (κ2) is 4.05. The Bertz CT molecular complexity index is 479. The van der Waals surface area contributed by atoms with Crippen molar-refractivity contribution in [3.63, 3.8) is 0 Å².